The number of fused-ring (bicyclic) bond motifs is 1. The largest absolute Gasteiger partial charge is 0.469 e. The highest BCUT2D eigenvalue weighted by atomic mass is 35.5. The van der Waals surface area contributed by atoms with Gasteiger partial charge in [-0.05, 0) is 37.5 Å². The van der Waals surface area contributed by atoms with Crippen LogP contribution in [-0.4, -0.2) is 0 Å². The second kappa shape index (κ2) is 5.49. The van der Waals surface area contributed by atoms with Crippen LogP contribution >= 0.6 is 34.5 Å². The maximum atomic E-state index is 6.21. The van der Waals surface area contributed by atoms with Crippen molar-refractivity contribution in [1.82, 2.24) is 5.32 Å². The van der Waals surface area contributed by atoms with Crippen molar-refractivity contribution < 1.29 is 4.42 Å². The Morgan fingerprint density at radius 1 is 1.47 bits per heavy atom. The fourth-order valence-corrected chi connectivity index (χ4v) is 4.35. The van der Waals surface area contributed by atoms with Gasteiger partial charge in [0, 0.05) is 24.1 Å². The fourth-order valence-electron chi connectivity index (χ4n) is 2.70. The highest BCUT2D eigenvalue weighted by Gasteiger charge is 2.25. The normalized spacial score (nSPS) is 20.3. The number of halogens is 2. The molecule has 3 rings (SSSR count). The lowest BCUT2D eigenvalue weighted by Gasteiger charge is -2.26. The van der Waals surface area contributed by atoms with Crippen molar-refractivity contribution in [2.24, 2.45) is 0 Å². The van der Waals surface area contributed by atoms with Crippen LogP contribution in [0.25, 0.3) is 0 Å². The van der Waals surface area contributed by atoms with Crippen LogP contribution in [0, 0.1) is 0 Å². The molecule has 0 saturated heterocycles. The number of hydrogen-bond acceptors (Lipinski definition) is 3. The lowest BCUT2D eigenvalue weighted by Crippen LogP contribution is -2.27. The summed E-state index contributed by atoms with van der Waals surface area (Å²) in [6.07, 6.45) is 5.11. The monoisotopic (exact) mass is 315 g/mol. The molecule has 2 aromatic heterocycles. The quantitative estimate of drug-likeness (QED) is 0.823. The Morgan fingerprint density at radius 3 is 3.05 bits per heavy atom. The van der Waals surface area contributed by atoms with E-state index in [4.69, 9.17) is 27.6 Å². The van der Waals surface area contributed by atoms with Gasteiger partial charge in [0.2, 0.25) is 0 Å². The van der Waals surface area contributed by atoms with Gasteiger partial charge in [-0.1, -0.05) is 23.2 Å². The molecule has 2 unspecified atom stereocenters. The van der Waals surface area contributed by atoms with Crippen molar-refractivity contribution in [3.8, 4) is 0 Å². The Balaban J connectivity index is 1.78. The van der Waals surface area contributed by atoms with Crippen molar-refractivity contribution in [1.29, 1.82) is 0 Å². The Labute approximate surface area is 126 Å². The second-order valence-corrected chi connectivity index (χ2v) is 7.20. The van der Waals surface area contributed by atoms with Crippen LogP contribution in [0.2, 0.25) is 8.67 Å². The first-order valence-electron chi connectivity index (χ1n) is 6.42. The lowest BCUT2D eigenvalue weighted by atomic mass is 9.92. The highest BCUT2D eigenvalue weighted by Crippen LogP contribution is 2.37. The summed E-state index contributed by atoms with van der Waals surface area (Å²) in [6.45, 7) is 2.12. The summed E-state index contributed by atoms with van der Waals surface area (Å²) in [5, 5.41) is 3.64. The first-order valence-corrected chi connectivity index (χ1v) is 7.99. The summed E-state index contributed by atoms with van der Waals surface area (Å²) in [7, 11) is 0. The van der Waals surface area contributed by atoms with Crippen molar-refractivity contribution in [3.05, 3.63) is 44.0 Å². The molecule has 2 heterocycles. The van der Waals surface area contributed by atoms with Gasteiger partial charge in [0.05, 0.1) is 14.9 Å². The third-order valence-corrected chi connectivity index (χ3v) is 5.17. The molecule has 0 aromatic carbocycles. The average molecular weight is 316 g/mol. The molecule has 0 radical (unpaired) electrons. The molecule has 1 aliphatic rings. The van der Waals surface area contributed by atoms with Gasteiger partial charge in [-0.3, -0.25) is 0 Å². The number of hydrogen-bond donors (Lipinski definition) is 1. The molecule has 0 aliphatic heterocycles. The molecule has 5 heteroatoms. The predicted molar refractivity (Wildman–Crippen MR) is 80.3 cm³/mol. The molecule has 1 N–H and O–H groups in total. The average Bonchev–Trinajstić information content (AvgIpc) is 2.96. The van der Waals surface area contributed by atoms with Crippen molar-refractivity contribution in [3.63, 3.8) is 0 Å². The topological polar surface area (TPSA) is 25.2 Å². The van der Waals surface area contributed by atoms with E-state index in [0.29, 0.717) is 6.04 Å². The summed E-state index contributed by atoms with van der Waals surface area (Å²) in [6, 6.07) is 4.54. The summed E-state index contributed by atoms with van der Waals surface area (Å²) in [5.74, 6) is 1.12. The van der Waals surface area contributed by atoms with E-state index in [1.165, 1.54) is 16.9 Å². The van der Waals surface area contributed by atoms with Gasteiger partial charge in [0.1, 0.15) is 5.76 Å². The summed E-state index contributed by atoms with van der Waals surface area (Å²) >= 11 is 13.6. The van der Waals surface area contributed by atoms with Gasteiger partial charge in [0.15, 0.2) is 0 Å². The van der Waals surface area contributed by atoms with Gasteiger partial charge in [-0.2, -0.15) is 0 Å². The fraction of sp³-hybridized carbons (Fsp3) is 0.429. The van der Waals surface area contributed by atoms with Gasteiger partial charge >= 0.3 is 0 Å². The molecule has 1 aliphatic carbocycles. The van der Waals surface area contributed by atoms with Gasteiger partial charge in [0.25, 0.3) is 0 Å². The molecule has 0 amide bonds. The Bertz CT molecular complexity index is 578. The third kappa shape index (κ3) is 2.70. The van der Waals surface area contributed by atoms with E-state index in [-0.39, 0.29) is 6.04 Å². The van der Waals surface area contributed by atoms with Crippen molar-refractivity contribution >= 4 is 34.5 Å². The Kier molecular flexibility index (Phi) is 3.90. The van der Waals surface area contributed by atoms with E-state index in [0.717, 1.165) is 39.3 Å². The third-order valence-electron chi connectivity index (χ3n) is 3.65. The molecule has 2 nitrogen and oxygen atoms in total. The molecule has 2 aromatic rings. The number of rotatable bonds is 3. The zero-order valence-corrected chi connectivity index (χ0v) is 12.9. The minimum atomic E-state index is 0.182. The van der Waals surface area contributed by atoms with Crippen LogP contribution < -0.4 is 5.32 Å². The molecule has 2 atom stereocenters. The smallest absolute Gasteiger partial charge is 0.108 e. The van der Waals surface area contributed by atoms with E-state index >= 15 is 0 Å². The van der Waals surface area contributed by atoms with Crippen molar-refractivity contribution in [2.75, 3.05) is 0 Å². The van der Waals surface area contributed by atoms with Crippen LogP contribution in [0.1, 0.15) is 48.7 Å². The van der Waals surface area contributed by atoms with Gasteiger partial charge in [-0.15, -0.1) is 11.3 Å². The first kappa shape index (κ1) is 13.5. The molecule has 19 heavy (non-hydrogen) atoms. The zero-order chi connectivity index (χ0) is 13.4. The number of aryl methyl sites for hydroxylation is 1. The summed E-state index contributed by atoms with van der Waals surface area (Å²) < 4.78 is 7.03. The minimum absolute atomic E-state index is 0.182. The minimum Gasteiger partial charge on any atom is -0.469 e. The van der Waals surface area contributed by atoms with Gasteiger partial charge in [-0.25, -0.2) is 0 Å². The van der Waals surface area contributed by atoms with Crippen molar-refractivity contribution in [2.45, 2.75) is 38.3 Å². The van der Waals surface area contributed by atoms with Crippen LogP contribution in [0.15, 0.2) is 22.8 Å². The number of nitrogens with one attached hydrogen (secondary N) is 1. The van der Waals surface area contributed by atoms with E-state index < -0.39 is 0 Å². The van der Waals surface area contributed by atoms with Crippen LogP contribution in [0.4, 0.5) is 0 Å². The van der Waals surface area contributed by atoms with E-state index in [1.807, 2.05) is 6.07 Å². The Hall–Kier alpha value is -0.480. The highest BCUT2D eigenvalue weighted by molar-refractivity contribution is 7.20. The first-order chi connectivity index (χ1) is 9.15. The molecule has 102 valence electrons. The molecular formula is C14H15Cl2NOS. The number of thiophene rings is 1. The van der Waals surface area contributed by atoms with Crippen LogP contribution in [0.3, 0.4) is 0 Å². The summed E-state index contributed by atoms with van der Waals surface area (Å²) in [5.41, 5.74) is 2.36. The molecule has 0 bridgehead atoms. The maximum absolute atomic E-state index is 6.21. The van der Waals surface area contributed by atoms with E-state index in [9.17, 15) is 0 Å². The second-order valence-electron chi connectivity index (χ2n) is 4.91. The van der Waals surface area contributed by atoms with Crippen LogP contribution in [-0.2, 0) is 6.42 Å². The molecule has 0 saturated carbocycles. The standard InChI is InChI=1S/C14H15Cl2NOS/c1-8(10-7-13(15)19-14(10)16)17-11-3-2-4-12-9(11)5-6-18-12/h5-8,11,17H,2-4H2,1H3. The number of furan rings is 1. The molecular weight excluding hydrogens is 301 g/mol. The zero-order valence-electron chi connectivity index (χ0n) is 10.6. The van der Waals surface area contributed by atoms with E-state index in [2.05, 4.69) is 18.3 Å². The lowest BCUT2D eigenvalue weighted by molar-refractivity contribution is 0.386. The SMILES string of the molecule is CC(NC1CCCc2occc21)c1cc(Cl)sc1Cl. The van der Waals surface area contributed by atoms with Gasteiger partial charge < -0.3 is 9.73 Å². The summed E-state index contributed by atoms with van der Waals surface area (Å²) in [4.78, 5) is 0. The maximum Gasteiger partial charge on any atom is 0.108 e. The molecule has 0 spiro atoms. The molecule has 0 fully saturated rings. The predicted octanol–water partition coefficient (Wildman–Crippen LogP) is 5.38. The van der Waals surface area contributed by atoms with E-state index in [1.54, 1.807) is 6.26 Å². The Morgan fingerprint density at radius 2 is 2.32 bits per heavy atom. The van der Waals surface area contributed by atoms with Crippen LogP contribution in [0.5, 0.6) is 0 Å².